The first-order valence-electron chi connectivity index (χ1n) is 8.17. The molecule has 0 bridgehead atoms. The maximum atomic E-state index is 12.2. The fraction of sp³-hybridized carbons (Fsp3) is 0.556. The molecule has 1 aliphatic rings. The van der Waals surface area contributed by atoms with Crippen LogP contribution in [0.4, 0.5) is 0 Å². The Hall–Kier alpha value is -1.49. The van der Waals surface area contributed by atoms with Crippen molar-refractivity contribution in [1.82, 2.24) is 5.32 Å². The average Bonchev–Trinajstić information content (AvgIpc) is 3.04. The number of rotatable bonds is 7. The van der Waals surface area contributed by atoms with E-state index < -0.39 is 6.04 Å². The van der Waals surface area contributed by atoms with Gasteiger partial charge in [-0.15, -0.1) is 11.8 Å². The van der Waals surface area contributed by atoms with E-state index in [0.29, 0.717) is 5.75 Å². The number of hydrogen-bond donors (Lipinski definition) is 1. The number of fused-ring (bicyclic) bond motifs is 1. The highest BCUT2D eigenvalue weighted by molar-refractivity contribution is 8.00. The molecular weight excluding hydrogens is 310 g/mol. The topological polar surface area (TPSA) is 55.4 Å². The van der Waals surface area contributed by atoms with E-state index in [2.05, 4.69) is 23.5 Å². The summed E-state index contributed by atoms with van der Waals surface area (Å²) in [6, 6.07) is 5.86. The predicted molar refractivity (Wildman–Crippen MR) is 92.6 cm³/mol. The Labute approximate surface area is 142 Å². The number of thioether (sulfide) groups is 1. The van der Waals surface area contributed by atoms with Gasteiger partial charge in [0.15, 0.2) is 0 Å². The molecule has 5 heteroatoms. The SMILES string of the molecule is CCC(C)C(NC(=O)CSc1ccc2c(c1)CCC2)C(=O)OC. The van der Waals surface area contributed by atoms with Gasteiger partial charge in [0, 0.05) is 4.90 Å². The van der Waals surface area contributed by atoms with Gasteiger partial charge in [-0.05, 0) is 48.4 Å². The summed E-state index contributed by atoms with van der Waals surface area (Å²) >= 11 is 1.51. The summed E-state index contributed by atoms with van der Waals surface area (Å²) in [6.45, 7) is 3.93. The summed E-state index contributed by atoms with van der Waals surface area (Å²) in [7, 11) is 1.35. The van der Waals surface area contributed by atoms with Crippen molar-refractivity contribution in [1.29, 1.82) is 0 Å². The molecule has 1 amide bonds. The van der Waals surface area contributed by atoms with Crippen LogP contribution in [0.25, 0.3) is 0 Å². The molecule has 2 rings (SSSR count). The van der Waals surface area contributed by atoms with Gasteiger partial charge in [-0.25, -0.2) is 4.79 Å². The van der Waals surface area contributed by atoms with Crippen molar-refractivity contribution < 1.29 is 14.3 Å². The number of ether oxygens (including phenoxy) is 1. The molecule has 0 radical (unpaired) electrons. The monoisotopic (exact) mass is 335 g/mol. The van der Waals surface area contributed by atoms with Crippen molar-refractivity contribution in [3.63, 3.8) is 0 Å². The second kappa shape index (κ2) is 8.39. The molecule has 1 aliphatic carbocycles. The smallest absolute Gasteiger partial charge is 0.328 e. The second-order valence-corrected chi connectivity index (χ2v) is 7.08. The van der Waals surface area contributed by atoms with Gasteiger partial charge in [0.05, 0.1) is 12.9 Å². The van der Waals surface area contributed by atoms with Gasteiger partial charge < -0.3 is 10.1 Å². The molecule has 0 saturated heterocycles. The Kier molecular flexibility index (Phi) is 6.51. The van der Waals surface area contributed by atoms with E-state index in [9.17, 15) is 9.59 Å². The molecule has 0 spiro atoms. The number of amides is 1. The molecule has 0 saturated carbocycles. The van der Waals surface area contributed by atoms with Crippen molar-refractivity contribution >= 4 is 23.6 Å². The summed E-state index contributed by atoms with van der Waals surface area (Å²) in [5.41, 5.74) is 2.84. The van der Waals surface area contributed by atoms with E-state index in [0.717, 1.165) is 24.2 Å². The van der Waals surface area contributed by atoms with Gasteiger partial charge in [-0.3, -0.25) is 4.79 Å². The van der Waals surface area contributed by atoms with Crippen LogP contribution in [0.2, 0.25) is 0 Å². The molecule has 23 heavy (non-hydrogen) atoms. The zero-order chi connectivity index (χ0) is 16.8. The van der Waals surface area contributed by atoms with Gasteiger partial charge in [0.25, 0.3) is 0 Å². The van der Waals surface area contributed by atoms with Crippen LogP contribution in [0.3, 0.4) is 0 Å². The van der Waals surface area contributed by atoms with Crippen LogP contribution in [0.15, 0.2) is 23.1 Å². The van der Waals surface area contributed by atoms with Gasteiger partial charge in [-0.2, -0.15) is 0 Å². The predicted octanol–water partition coefficient (Wildman–Crippen LogP) is 2.97. The molecule has 0 aromatic heterocycles. The minimum absolute atomic E-state index is 0.0522. The Morgan fingerprint density at radius 2 is 2.04 bits per heavy atom. The zero-order valence-electron chi connectivity index (χ0n) is 14.1. The van der Waals surface area contributed by atoms with Crippen LogP contribution in [0.5, 0.6) is 0 Å². The van der Waals surface area contributed by atoms with Crippen LogP contribution in [0, 0.1) is 5.92 Å². The molecule has 126 valence electrons. The molecule has 0 fully saturated rings. The minimum Gasteiger partial charge on any atom is -0.467 e. The van der Waals surface area contributed by atoms with Crippen molar-refractivity contribution in [2.45, 2.75) is 50.5 Å². The first-order valence-corrected chi connectivity index (χ1v) is 9.15. The van der Waals surface area contributed by atoms with E-state index >= 15 is 0 Å². The number of carbonyl (C=O) groups excluding carboxylic acids is 2. The summed E-state index contributed by atoms with van der Waals surface area (Å²) in [5, 5.41) is 2.81. The van der Waals surface area contributed by atoms with Gasteiger partial charge in [-0.1, -0.05) is 26.3 Å². The number of nitrogens with one attached hydrogen (secondary N) is 1. The standard InChI is InChI=1S/C18H25NO3S/c1-4-12(2)17(18(21)22-3)19-16(20)11-23-15-9-8-13-6-5-7-14(13)10-15/h8-10,12,17H,4-7,11H2,1-3H3,(H,19,20). The Morgan fingerprint density at radius 3 is 2.74 bits per heavy atom. The summed E-state index contributed by atoms with van der Waals surface area (Å²) in [4.78, 5) is 25.1. The molecule has 2 atom stereocenters. The van der Waals surface area contributed by atoms with Crippen molar-refractivity contribution in [2.75, 3.05) is 12.9 Å². The van der Waals surface area contributed by atoms with Crippen LogP contribution in [-0.4, -0.2) is 30.8 Å². The normalized spacial score (nSPS) is 15.6. The molecule has 0 aliphatic heterocycles. The number of hydrogen-bond acceptors (Lipinski definition) is 4. The van der Waals surface area contributed by atoms with E-state index in [1.807, 2.05) is 13.8 Å². The number of carbonyl (C=O) groups is 2. The Bertz CT molecular complexity index is 573. The quantitative estimate of drug-likeness (QED) is 0.615. The Balaban J connectivity index is 1.89. The number of benzene rings is 1. The lowest BCUT2D eigenvalue weighted by atomic mass is 9.99. The van der Waals surface area contributed by atoms with Crippen LogP contribution >= 0.6 is 11.8 Å². The molecule has 4 nitrogen and oxygen atoms in total. The first kappa shape index (κ1) is 17.9. The number of methoxy groups -OCH3 is 1. The highest BCUT2D eigenvalue weighted by Gasteiger charge is 2.26. The molecule has 1 aromatic rings. The van der Waals surface area contributed by atoms with Gasteiger partial charge in [0.1, 0.15) is 6.04 Å². The summed E-state index contributed by atoms with van der Waals surface area (Å²) in [5.74, 6) is -0.152. The van der Waals surface area contributed by atoms with Gasteiger partial charge in [0.2, 0.25) is 5.91 Å². The number of esters is 1. The van der Waals surface area contributed by atoms with E-state index in [4.69, 9.17) is 4.74 Å². The third-order valence-corrected chi connectivity index (χ3v) is 5.42. The molecular formula is C18H25NO3S. The first-order chi connectivity index (χ1) is 11.0. The van der Waals surface area contributed by atoms with Crippen molar-refractivity contribution in [3.05, 3.63) is 29.3 Å². The maximum Gasteiger partial charge on any atom is 0.328 e. The third-order valence-electron chi connectivity index (χ3n) is 4.42. The van der Waals surface area contributed by atoms with Crippen LogP contribution in [-0.2, 0) is 27.2 Å². The lowest BCUT2D eigenvalue weighted by Gasteiger charge is -2.21. The summed E-state index contributed by atoms with van der Waals surface area (Å²) < 4.78 is 4.79. The highest BCUT2D eigenvalue weighted by atomic mass is 32.2. The minimum atomic E-state index is -0.571. The Morgan fingerprint density at radius 1 is 1.30 bits per heavy atom. The molecule has 1 N–H and O–H groups in total. The second-order valence-electron chi connectivity index (χ2n) is 6.03. The lowest BCUT2D eigenvalue weighted by molar-refractivity contribution is -0.146. The number of aryl methyl sites for hydroxylation is 2. The summed E-state index contributed by atoms with van der Waals surface area (Å²) in [6.07, 6.45) is 4.32. The van der Waals surface area contributed by atoms with Crippen molar-refractivity contribution in [3.8, 4) is 0 Å². The van der Waals surface area contributed by atoms with E-state index in [1.165, 1.54) is 36.4 Å². The van der Waals surface area contributed by atoms with E-state index in [1.54, 1.807) is 0 Å². The van der Waals surface area contributed by atoms with Gasteiger partial charge >= 0.3 is 5.97 Å². The maximum absolute atomic E-state index is 12.2. The average molecular weight is 335 g/mol. The third kappa shape index (κ3) is 4.74. The van der Waals surface area contributed by atoms with Crippen LogP contribution < -0.4 is 5.32 Å². The fourth-order valence-corrected chi connectivity index (χ4v) is 3.57. The zero-order valence-corrected chi connectivity index (χ0v) is 14.9. The lowest BCUT2D eigenvalue weighted by Crippen LogP contribution is -2.46. The molecule has 0 heterocycles. The molecule has 2 unspecified atom stereocenters. The highest BCUT2D eigenvalue weighted by Crippen LogP contribution is 2.27. The molecule has 1 aromatic carbocycles. The van der Waals surface area contributed by atoms with Crippen molar-refractivity contribution in [2.24, 2.45) is 5.92 Å². The van der Waals surface area contributed by atoms with Crippen LogP contribution in [0.1, 0.15) is 37.8 Å². The largest absolute Gasteiger partial charge is 0.467 e. The fourth-order valence-electron chi connectivity index (χ4n) is 2.80. The van der Waals surface area contributed by atoms with E-state index in [-0.39, 0.29) is 17.8 Å².